The van der Waals surface area contributed by atoms with E-state index in [2.05, 4.69) is 21.2 Å². The quantitative estimate of drug-likeness (QED) is 0.178. The van der Waals surface area contributed by atoms with Crippen molar-refractivity contribution in [3.63, 3.8) is 0 Å². The van der Waals surface area contributed by atoms with Crippen molar-refractivity contribution in [3.8, 4) is 17.2 Å². The van der Waals surface area contributed by atoms with Gasteiger partial charge in [0.2, 0.25) is 5.91 Å². The number of thioether (sulfide) groups is 1. The van der Waals surface area contributed by atoms with Crippen molar-refractivity contribution in [1.82, 2.24) is 4.90 Å². The number of benzene rings is 4. The molecule has 1 aliphatic heterocycles. The molecule has 5 rings (SSSR count). The minimum Gasteiger partial charge on any atom is -0.495 e. The molecule has 0 aliphatic carbocycles. The Morgan fingerprint density at radius 1 is 0.933 bits per heavy atom. The summed E-state index contributed by atoms with van der Waals surface area (Å²) in [4.78, 5) is 39.2. The van der Waals surface area contributed by atoms with Gasteiger partial charge in [0.05, 0.1) is 30.4 Å². The van der Waals surface area contributed by atoms with Crippen LogP contribution in [0.2, 0.25) is 0 Å². The van der Waals surface area contributed by atoms with E-state index in [1.807, 2.05) is 42.5 Å². The second-order valence-electron chi connectivity index (χ2n) is 9.72. The molecule has 232 valence electrons. The Hall–Kier alpha value is -4.49. The summed E-state index contributed by atoms with van der Waals surface area (Å²) in [5.74, 6) is -0.803. The SMILES string of the molecule is COc1ccc(C(F)(F)F)cc1NC(=O)CN1C(=O)S/C(=C\c2cc(OC)c(OCc3ccc4ccccc4c3)cc2Br)C1=O. The van der Waals surface area contributed by atoms with Crippen LogP contribution in [0, 0.1) is 0 Å². The Labute approximate surface area is 268 Å². The van der Waals surface area contributed by atoms with Crippen LogP contribution >= 0.6 is 27.7 Å². The Morgan fingerprint density at radius 2 is 1.67 bits per heavy atom. The Kier molecular flexibility index (Phi) is 9.40. The number of hydrogen-bond acceptors (Lipinski definition) is 7. The molecule has 13 heteroatoms. The Bertz CT molecular complexity index is 1850. The fraction of sp³-hybridized carbons (Fsp3) is 0.156. The fourth-order valence-electron chi connectivity index (χ4n) is 4.52. The average molecular weight is 702 g/mol. The molecule has 1 N–H and O–H groups in total. The molecule has 8 nitrogen and oxygen atoms in total. The maximum Gasteiger partial charge on any atom is 0.416 e. The van der Waals surface area contributed by atoms with Crippen LogP contribution in [0.5, 0.6) is 17.2 Å². The smallest absolute Gasteiger partial charge is 0.416 e. The van der Waals surface area contributed by atoms with Gasteiger partial charge in [-0.15, -0.1) is 0 Å². The monoisotopic (exact) mass is 700 g/mol. The van der Waals surface area contributed by atoms with Crippen LogP contribution in [0.3, 0.4) is 0 Å². The molecule has 0 unspecified atom stereocenters. The van der Waals surface area contributed by atoms with Crippen LogP contribution < -0.4 is 19.5 Å². The van der Waals surface area contributed by atoms with Crippen molar-refractivity contribution >= 4 is 67.3 Å². The van der Waals surface area contributed by atoms with Gasteiger partial charge >= 0.3 is 6.18 Å². The topological polar surface area (TPSA) is 94.2 Å². The summed E-state index contributed by atoms with van der Waals surface area (Å²) in [6, 6.07) is 19.9. The minimum absolute atomic E-state index is 0.0196. The molecular formula is C32H24BrF3N2O6S. The van der Waals surface area contributed by atoms with Gasteiger partial charge in [0, 0.05) is 4.47 Å². The molecule has 0 saturated carbocycles. The number of alkyl halides is 3. The number of fused-ring (bicyclic) bond motifs is 1. The summed E-state index contributed by atoms with van der Waals surface area (Å²) < 4.78 is 56.6. The van der Waals surface area contributed by atoms with Gasteiger partial charge in [0.25, 0.3) is 11.1 Å². The summed E-state index contributed by atoms with van der Waals surface area (Å²) in [7, 11) is 2.71. The predicted molar refractivity (Wildman–Crippen MR) is 168 cm³/mol. The number of hydrogen-bond donors (Lipinski definition) is 1. The molecule has 4 aromatic carbocycles. The number of halogens is 4. The van der Waals surface area contributed by atoms with Crippen LogP contribution in [0.4, 0.5) is 23.7 Å². The van der Waals surface area contributed by atoms with Gasteiger partial charge in [-0.1, -0.05) is 52.3 Å². The zero-order chi connectivity index (χ0) is 32.3. The highest BCUT2D eigenvalue weighted by molar-refractivity contribution is 9.10. The molecular weight excluding hydrogens is 677 g/mol. The molecule has 0 radical (unpaired) electrons. The highest BCUT2D eigenvalue weighted by Crippen LogP contribution is 2.39. The number of nitrogens with one attached hydrogen (secondary N) is 1. The van der Waals surface area contributed by atoms with Crippen LogP contribution in [-0.2, 0) is 22.4 Å². The fourth-order valence-corrected chi connectivity index (χ4v) is 5.78. The molecule has 4 aromatic rings. The summed E-state index contributed by atoms with van der Waals surface area (Å²) in [5.41, 5.74) is 0.214. The van der Waals surface area contributed by atoms with Crippen molar-refractivity contribution < 1.29 is 41.8 Å². The van der Waals surface area contributed by atoms with Gasteiger partial charge in [0.15, 0.2) is 11.5 Å². The van der Waals surface area contributed by atoms with E-state index in [-0.39, 0.29) is 22.9 Å². The Balaban J connectivity index is 1.29. The first-order chi connectivity index (χ1) is 21.5. The molecule has 0 aromatic heterocycles. The molecule has 0 atom stereocenters. The molecule has 1 aliphatic rings. The van der Waals surface area contributed by atoms with Gasteiger partial charge in [-0.3, -0.25) is 19.3 Å². The van der Waals surface area contributed by atoms with E-state index in [9.17, 15) is 27.6 Å². The normalized spacial score (nSPS) is 14.3. The lowest BCUT2D eigenvalue weighted by Crippen LogP contribution is -2.36. The number of anilines is 1. The summed E-state index contributed by atoms with van der Waals surface area (Å²) in [5, 5.41) is 3.78. The molecule has 1 saturated heterocycles. The first-order valence-electron chi connectivity index (χ1n) is 13.3. The summed E-state index contributed by atoms with van der Waals surface area (Å²) >= 11 is 4.11. The average Bonchev–Trinajstić information content (AvgIpc) is 3.27. The van der Waals surface area contributed by atoms with E-state index in [1.165, 1.54) is 20.3 Å². The highest BCUT2D eigenvalue weighted by atomic mass is 79.9. The summed E-state index contributed by atoms with van der Waals surface area (Å²) in [6.07, 6.45) is -3.18. The predicted octanol–water partition coefficient (Wildman–Crippen LogP) is 7.89. The largest absolute Gasteiger partial charge is 0.495 e. The molecule has 1 heterocycles. The highest BCUT2D eigenvalue weighted by Gasteiger charge is 2.37. The van der Waals surface area contributed by atoms with Crippen molar-refractivity contribution in [1.29, 1.82) is 0 Å². The van der Waals surface area contributed by atoms with E-state index in [1.54, 1.807) is 12.1 Å². The van der Waals surface area contributed by atoms with Crippen molar-refractivity contribution in [3.05, 3.63) is 98.9 Å². The number of ether oxygens (including phenoxy) is 3. The molecule has 45 heavy (non-hydrogen) atoms. The first-order valence-corrected chi connectivity index (χ1v) is 14.9. The summed E-state index contributed by atoms with van der Waals surface area (Å²) in [6.45, 7) is -0.437. The zero-order valence-electron chi connectivity index (χ0n) is 23.7. The number of amides is 3. The molecule has 1 fully saturated rings. The van der Waals surface area contributed by atoms with Gasteiger partial charge in [-0.25, -0.2) is 0 Å². The van der Waals surface area contributed by atoms with E-state index in [4.69, 9.17) is 14.2 Å². The van der Waals surface area contributed by atoms with E-state index in [0.717, 1.165) is 28.5 Å². The molecule has 0 spiro atoms. The standard InChI is InChI=1S/C32H24BrF3N2O6S/c1-42-25-10-9-22(32(34,35)36)14-24(25)37-29(39)16-38-30(40)28(45-31(38)41)13-21-12-26(43-2)27(15-23(21)33)44-17-18-7-8-19-5-3-4-6-20(19)11-18/h3-15H,16-17H2,1-2H3,(H,37,39)/b28-13-. The number of carbonyl (C=O) groups excluding carboxylic acids is 3. The number of imide groups is 1. The lowest BCUT2D eigenvalue weighted by atomic mass is 10.1. The van der Waals surface area contributed by atoms with Crippen molar-refractivity contribution in [2.75, 3.05) is 26.1 Å². The third-order valence-corrected chi connectivity index (χ3v) is 8.35. The van der Waals surface area contributed by atoms with Gasteiger partial charge < -0.3 is 19.5 Å². The first kappa shape index (κ1) is 31.9. The minimum atomic E-state index is -4.65. The molecule has 0 bridgehead atoms. The van der Waals surface area contributed by atoms with Gasteiger partial charge in [-0.2, -0.15) is 13.2 Å². The van der Waals surface area contributed by atoms with Crippen molar-refractivity contribution in [2.45, 2.75) is 12.8 Å². The van der Waals surface area contributed by atoms with Crippen LogP contribution in [0.1, 0.15) is 16.7 Å². The number of methoxy groups -OCH3 is 2. The lowest BCUT2D eigenvalue weighted by molar-refractivity contribution is -0.137. The number of nitrogens with zero attached hydrogens (tertiary/aromatic N) is 1. The Morgan fingerprint density at radius 3 is 2.38 bits per heavy atom. The third-order valence-electron chi connectivity index (χ3n) is 6.75. The van der Waals surface area contributed by atoms with E-state index >= 15 is 0 Å². The maximum absolute atomic E-state index is 13.2. The second-order valence-corrected chi connectivity index (χ2v) is 11.6. The van der Waals surface area contributed by atoms with Gasteiger partial charge in [0.1, 0.15) is 18.9 Å². The van der Waals surface area contributed by atoms with E-state index in [0.29, 0.717) is 44.3 Å². The van der Waals surface area contributed by atoms with Crippen LogP contribution in [0.25, 0.3) is 16.8 Å². The van der Waals surface area contributed by atoms with E-state index < -0.39 is 35.3 Å². The zero-order valence-corrected chi connectivity index (χ0v) is 26.1. The lowest BCUT2D eigenvalue weighted by Gasteiger charge is -2.16. The van der Waals surface area contributed by atoms with Crippen LogP contribution in [0.15, 0.2) is 82.2 Å². The maximum atomic E-state index is 13.2. The third kappa shape index (κ3) is 7.26. The second kappa shape index (κ2) is 13.2. The van der Waals surface area contributed by atoms with Crippen LogP contribution in [-0.4, -0.2) is 42.7 Å². The number of carbonyl (C=O) groups is 3. The van der Waals surface area contributed by atoms with Gasteiger partial charge in [-0.05, 0) is 76.1 Å². The number of rotatable bonds is 9. The van der Waals surface area contributed by atoms with Crippen molar-refractivity contribution in [2.24, 2.45) is 0 Å². The molecule has 3 amide bonds.